The zero-order chi connectivity index (χ0) is 15.7. The first-order valence-corrected chi connectivity index (χ1v) is 7.43. The Labute approximate surface area is 130 Å². The van der Waals surface area contributed by atoms with E-state index in [4.69, 9.17) is 5.73 Å². The summed E-state index contributed by atoms with van der Waals surface area (Å²) < 4.78 is 1.03. The Morgan fingerprint density at radius 1 is 1.09 bits per heavy atom. The summed E-state index contributed by atoms with van der Waals surface area (Å²) in [6.07, 6.45) is 0. The van der Waals surface area contributed by atoms with Crippen molar-refractivity contribution in [1.82, 2.24) is 4.98 Å². The van der Waals surface area contributed by atoms with Gasteiger partial charge in [0, 0.05) is 11.1 Å². The highest BCUT2D eigenvalue weighted by Crippen LogP contribution is 2.27. The van der Waals surface area contributed by atoms with Crippen LogP contribution in [0.25, 0.3) is 10.2 Å². The molecule has 3 aromatic rings. The lowest BCUT2D eigenvalue weighted by Gasteiger charge is -2.02. The minimum atomic E-state index is -0.520. The number of benzene rings is 2. The molecular weight excluding hydrogens is 298 g/mol. The van der Waals surface area contributed by atoms with Crippen LogP contribution >= 0.6 is 11.3 Å². The number of carbonyl (C=O) groups excluding carboxylic acids is 2. The number of nitrogens with one attached hydrogen (secondary N) is 1. The van der Waals surface area contributed by atoms with Gasteiger partial charge in [-0.2, -0.15) is 0 Å². The van der Waals surface area contributed by atoms with Crippen LogP contribution in [-0.2, 0) is 0 Å². The Bertz CT molecular complexity index is 869. The van der Waals surface area contributed by atoms with Gasteiger partial charge in [0.1, 0.15) is 0 Å². The van der Waals surface area contributed by atoms with Crippen LogP contribution in [0.15, 0.2) is 42.5 Å². The molecule has 0 spiro atoms. The number of nitrogens with two attached hydrogens (primary N) is 1. The molecule has 0 aliphatic carbocycles. The molecule has 0 atom stereocenters. The summed E-state index contributed by atoms with van der Waals surface area (Å²) >= 11 is 1.43. The first kappa shape index (κ1) is 14.2. The van der Waals surface area contributed by atoms with Crippen LogP contribution in [0.3, 0.4) is 0 Å². The van der Waals surface area contributed by atoms with Gasteiger partial charge in [0.05, 0.1) is 10.2 Å². The first-order valence-electron chi connectivity index (χ1n) is 6.61. The Morgan fingerprint density at radius 3 is 2.45 bits per heavy atom. The van der Waals surface area contributed by atoms with E-state index in [1.165, 1.54) is 23.5 Å². The van der Waals surface area contributed by atoms with Crippen LogP contribution in [0.5, 0.6) is 0 Å². The summed E-state index contributed by atoms with van der Waals surface area (Å²) in [5, 5.41) is 3.31. The van der Waals surface area contributed by atoms with Gasteiger partial charge in [-0.15, -0.1) is 0 Å². The van der Waals surface area contributed by atoms with Crippen molar-refractivity contribution in [1.29, 1.82) is 0 Å². The van der Waals surface area contributed by atoms with E-state index in [9.17, 15) is 9.59 Å². The van der Waals surface area contributed by atoms with Crippen molar-refractivity contribution in [3.63, 3.8) is 0 Å². The quantitative estimate of drug-likeness (QED) is 0.780. The minimum Gasteiger partial charge on any atom is -0.366 e. The topological polar surface area (TPSA) is 85.1 Å². The van der Waals surface area contributed by atoms with Crippen LogP contribution in [0, 0.1) is 6.92 Å². The fourth-order valence-electron chi connectivity index (χ4n) is 2.04. The smallest absolute Gasteiger partial charge is 0.257 e. The van der Waals surface area contributed by atoms with Gasteiger partial charge < -0.3 is 5.73 Å². The molecule has 6 heteroatoms. The normalized spacial score (nSPS) is 10.6. The molecule has 0 radical (unpaired) electrons. The van der Waals surface area contributed by atoms with Crippen molar-refractivity contribution >= 4 is 38.5 Å². The van der Waals surface area contributed by atoms with Crippen LogP contribution in [-0.4, -0.2) is 16.8 Å². The Balaban J connectivity index is 1.81. The summed E-state index contributed by atoms with van der Waals surface area (Å²) in [5.74, 6) is -0.791. The number of rotatable bonds is 3. The van der Waals surface area contributed by atoms with Crippen molar-refractivity contribution in [3.8, 4) is 0 Å². The van der Waals surface area contributed by atoms with Crippen molar-refractivity contribution in [3.05, 3.63) is 59.2 Å². The number of nitrogens with zero attached hydrogens (tertiary/aromatic N) is 1. The average Bonchev–Trinajstić information content (AvgIpc) is 2.88. The molecule has 0 unspecified atom stereocenters. The van der Waals surface area contributed by atoms with Crippen molar-refractivity contribution < 1.29 is 9.59 Å². The van der Waals surface area contributed by atoms with E-state index in [-0.39, 0.29) is 5.91 Å². The van der Waals surface area contributed by atoms with Crippen molar-refractivity contribution in [2.24, 2.45) is 5.73 Å². The number of carbonyl (C=O) groups is 2. The van der Waals surface area contributed by atoms with Crippen molar-refractivity contribution in [2.75, 3.05) is 5.32 Å². The second-order valence-electron chi connectivity index (χ2n) is 4.89. The molecule has 3 rings (SSSR count). The highest BCUT2D eigenvalue weighted by atomic mass is 32.1. The largest absolute Gasteiger partial charge is 0.366 e. The van der Waals surface area contributed by atoms with Crippen molar-refractivity contribution in [2.45, 2.75) is 6.92 Å². The predicted molar refractivity (Wildman–Crippen MR) is 87.3 cm³/mol. The maximum absolute atomic E-state index is 12.2. The molecule has 0 bridgehead atoms. The lowest BCUT2D eigenvalue weighted by molar-refractivity contribution is 0.0995. The highest BCUT2D eigenvalue weighted by molar-refractivity contribution is 7.22. The van der Waals surface area contributed by atoms with Gasteiger partial charge in [0.2, 0.25) is 5.91 Å². The number of anilines is 1. The molecule has 0 aliphatic heterocycles. The van der Waals surface area contributed by atoms with Gasteiger partial charge in [0.25, 0.3) is 5.91 Å². The summed E-state index contributed by atoms with van der Waals surface area (Å²) in [5.41, 5.74) is 7.99. The Kier molecular flexibility index (Phi) is 3.60. The maximum Gasteiger partial charge on any atom is 0.257 e. The van der Waals surface area contributed by atoms with E-state index >= 15 is 0 Å². The summed E-state index contributed by atoms with van der Waals surface area (Å²) in [4.78, 5) is 27.6. The van der Waals surface area contributed by atoms with Gasteiger partial charge in [0.15, 0.2) is 5.13 Å². The molecule has 2 amide bonds. The van der Waals surface area contributed by atoms with Crippen LogP contribution in [0.2, 0.25) is 0 Å². The monoisotopic (exact) mass is 311 g/mol. The maximum atomic E-state index is 12.2. The zero-order valence-corrected chi connectivity index (χ0v) is 12.6. The molecule has 3 N–H and O–H groups in total. The van der Waals surface area contributed by atoms with E-state index in [0.29, 0.717) is 16.3 Å². The summed E-state index contributed by atoms with van der Waals surface area (Å²) in [7, 11) is 0. The van der Waals surface area contributed by atoms with Gasteiger partial charge >= 0.3 is 0 Å². The Morgan fingerprint density at radius 2 is 1.77 bits per heavy atom. The second kappa shape index (κ2) is 5.57. The number of primary amides is 1. The number of hydrogen-bond donors (Lipinski definition) is 2. The van der Waals surface area contributed by atoms with Gasteiger partial charge in [-0.05, 0) is 48.9 Å². The molecule has 1 heterocycles. The third-order valence-electron chi connectivity index (χ3n) is 3.20. The van der Waals surface area contributed by atoms with Gasteiger partial charge in [-0.3, -0.25) is 14.9 Å². The SMILES string of the molecule is Cc1ccc2nc(NC(=O)c3ccc(C(N)=O)cc3)sc2c1. The van der Waals surface area contributed by atoms with Gasteiger partial charge in [-0.1, -0.05) is 17.4 Å². The van der Waals surface area contributed by atoms with Gasteiger partial charge in [-0.25, -0.2) is 4.98 Å². The molecule has 0 fully saturated rings. The Hall–Kier alpha value is -2.73. The lowest BCUT2D eigenvalue weighted by atomic mass is 10.1. The number of aromatic nitrogens is 1. The molecule has 0 saturated carbocycles. The van der Waals surface area contributed by atoms with Crippen LogP contribution in [0.4, 0.5) is 5.13 Å². The minimum absolute atomic E-state index is 0.271. The number of fused-ring (bicyclic) bond motifs is 1. The second-order valence-corrected chi connectivity index (χ2v) is 5.92. The fourth-order valence-corrected chi connectivity index (χ4v) is 3.00. The molecule has 1 aromatic heterocycles. The highest BCUT2D eigenvalue weighted by Gasteiger charge is 2.10. The molecule has 0 aliphatic rings. The first-order chi connectivity index (χ1) is 10.5. The summed E-state index contributed by atoms with van der Waals surface area (Å²) in [6.45, 7) is 2.01. The number of hydrogen-bond acceptors (Lipinski definition) is 4. The van der Waals surface area contributed by atoms with E-state index < -0.39 is 5.91 Å². The molecule has 2 aromatic carbocycles. The molecule has 110 valence electrons. The standard InChI is InChI=1S/C16H13N3O2S/c1-9-2-7-12-13(8-9)22-16(18-12)19-15(21)11-5-3-10(4-6-11)14(17)20/h2-8H,1H3,(H2,17,20)(H,18,19,21). The molecule has 0 saturated heterocycles. The van der Waals surface area contributed by atoms with E-state index in [1.54, 1.807) is 12.1 Å². The van der Waals surface area contributed by atoms with E-state index in [0.717, 1.165) is 15.8 Å². The van der Waals surface area contributed by atoms with Crippen LogP contribution < -0.4 is 11.1 Å². The van der Waals surface area contributed by atoms with Crippen LogP contribution in [0.1, 0.15) is 26.3 Å². The number of amides is 2. The lowest BCUT2D eigenvalue weighted by Crippen LogP contribution is -2.14. The average molecular weight is 311 g/mol. The number of thiazole rings is 1. The molecule has 5 nitrogen and oxygen atoms in total. The molecular formula is C16H13N3O2S. The third-order valence-corrected chi connectivity index (χ3v) is 4.13. The fraction of sp³-hybridized carbons (Fsp3) is 0.0625. The third kappa shape index (κ3) is 2.82. The summed E-state index contributed by atoms with van der Waals surface area (Å²) in [6, 6.07) is 12.1. The van der Waals surface area contributed by atoms with E-state index in [2.05, 4.69) is 10.3 Å². The predicted octanol–water partition coefficient (Wildman–Crippen LogP) is 2.96. The van der Waals surface area contributed by atoms with E-state index in [1.807, 2.05) is 25.1 Å². The number of aryl methyl sites for hydroxylation is 1. The molecule has 22 heavy (non-hydrogen) atoms. The zero-order valence-electron chi connectivity index (χ0n) is 11.8.